The molecule has 0 aromatic carbocycles. The molecule has 0 saturated carbocycles. The van der Waals surface area contributed by atoms with E-state index in [0.717, 1.165) is 40.5 Å². The zero-order valence-corrected chi connectivity index (χ0v) is 12.5. The van der Waals surface area contributed by atoms with Crippen LogP contribution in [-0.2, 0) is 13.0 Å². The third-order valence-corrected chi connectivity index (χ3v) is 4.72. The van der Waals surface area contributed by atoms with Gasteiger partial charge in [-0.3, -0.25) is 0 Å². The predicted molar refractivity (Wildman–Crippen MR) is 77.8 cm³/mol. The summed E-state index contributed by atoms with van der Waals surface area (Å²) in [6.45, 7) is 5.34. The summed E-state index contributed by atoms with van der Waals surface area (Å²) < 4.78 is 0. The first kappa shape index (κ1) is 13.5. The number of hydrogen-bond donors (Lipinski definition) is 0. The second-order valence-corrected chi connectivity index (χ2v) is 5.99. The SMILES string of the molecule is Cc1c(C#N)nnc(N2CCc3nc(C#N)sc3C2)c1C. The Morgan fingerprint density at radius 1 is 1.14 bits per heavy atom. The molecule has 6 nitrogen and oxygen atoms in total. The molecular weight excluding hydrogens is 284 g/mol. The van der Waals surface area contributed by atoms with Crippen LogP contribution in [-0.4, -0.2) is 21.7 Å². The van der Waals surface area contributed by atoms with Gasteiger partial charge in [-0.15, -0.1) is 21.5 Å². The van der Waals surface area contributed by atoms with E-state index in [2.05, 4.69) is 32.2 Å². The summed E-state index contributed by atoms with van der Waals surface area (Å²) >= 11 is 1.44. The molecule has 0 radical (unpaired) electrons. The van der Waals surface area contributed by atoms with Crippen molar-refractivity contribution >= 4 is 17.2 Å². The van der Waals surface area contributed by atoms with Crippen LogP contribution < -0.4 is 4.90 Å². The van der Waals surface area contributed by atoms with Crippen molar-refractivity contribution in [1.29, 1.82) is 10.5 Å². The topological polar surface area (TPSA) is 89.5 Å². The molecule has 2 aromatic rings. The summed E-state index contributed by atoms with van der Waals surface area (Å²) in [7, 11) is 0. The number of nitriles is 2. The van der Waals surface area contributed by atoms with Gasteiger partial charge in [0.1, 0.15) is 12.1 Å². The number of rotatable bonds is 1. The van der Waals surface area contributed by atoms with Gasteiger partial charge in [0, 0.05) is 17.8 Å². The van der Waals surface area contributed by atoms with Crippen molar-refractivity contribution in [2.24, 2.45) is 0 Å². The average Bonchev–Trinajstić information content (AvgIpc) is 2.92. The van der Waals surface area contributed by atoms with E-state index >= 15 is 0 Å². The largest absolute Gasteiger partial charge is 0.349 e. The van der Waals surface area contributed by atoms with Crippen LogP contribution in [0.3, 0.4) is 0 Å². The summed E-state index contributed by atoms with van der Waals surface area (Å²) in [5, 5.41) is 26.7. The van der Waals surface area contributed by atoms with E-state index < -0.39 is 0 Å². The van der Waals surface area contributed by atoms with Gasteiger partial charge in [0.2, 0.25) is 0 Å². The zero-order valence-electron chi connectivity index (χ0n) is 11.7. The fourth-order valence-corrected chi connectivity index (χ4v) is 3.34. The Morgan fingerprint density at radius 3 is 2.67 bits per heavy atom. The molecule has 0 saturated heterocycles. The van der Waals surface area contributed by atoms with Gasteiger partial charge in [0.05, 0.1) is 12.2 Å². The second-order valence-electron chi connectivity index (χ2n) is 4.91. The second kappa shape index (κ2) is 5.12. The highest BCUT2D eigenvalue weighted by Gasteiger charge is 2.24. The molecule has 0 atom stereocenters. The molecule has 3 rings (SSSR count). The number of thiazole rings is 1. The molecule has 7 heteroatoms. The summed E-state index contributed by atoms with van der Waals surface area (Å²) in [5.74, 6) is 0.809. The van der Waals surface area contributed by atoms with Crippen LogP contribution in [0.5, 0.6) is 0 Å². The van der Waals surface area contributed by atoms with Crippen LogP contribution in [0.25, 0.3) is 0 Å². The fourth-order valence-electron chi connectivity index (χ4n) is 2.42. The number of anilines is 1. The summed E-state index contributed by atoms with van der Waals surface area (Å²) in [4.78, 5) is 7.57. The lowest BCUT2D eigenvalue weighted by Crippen LogP contribution is -2.31. The molecule has 0 spiro atoms. The minimum Gasteiger partial charge on any atom is -0.349 e. The quantitative estimate of drug-likeness (QED) is 0.798. The summed E-state index contributed by atoms with van der Waals surface area (Å²) in [6.07, 6.45) is 0.799. The monoisotopic (exact) mass is 296 g/mol. The summed E-state index contributed by atoms with van der Waals surface area (Å²) in [5.41, 5.74) is 3.24. The molecule has 0 N–H and O–H groups in total. The van der Waals surface area contributed by atoms with Crippen LogP contribution >= 0.6 is 11.3 Å². The Labute approximate surface area is 126 Å². The van der Waals surface area contributed by atoms with E-state index in [1.54, 1.807) is 0 Å². The number of aromatic nitrogens is 3. The Balaban J connectivity index is 1.95. The lowest BCUT2D eigenvalue weighted by molar-refractivity contribution is 0.705. The van der Waals surface area contributed by atoms with E-state index in [1.807, 2.05) is 13.8 Å². The molecular formula is C14H12N6S. The average molecular weight is 296 g/mol. The maximum absolute atomic E-state index is 9.00. The number of nitrogens with zero attached hydrogens (tertiary/aromatic N) is 6. The lowest BCUT2D eigenvalue weighted by Gasteiger charge is -2.28. The molecule has 104 valence electrons. The van der Waals surface area contributed by atoms with E-state index in [0.29, 0.717) is 17.2 Å². The molecule has 0 unspecified atom stereocenters. The summed E-state index contributed by atoms with van der Waals surface area (Å²) in [6, 6.07) is 4.16. The van der Waals surface area contributed by atoms with Gasteiger partial charge in [-0.25, -0.2) is 4.98 Å². The van der Waals surface area contributed by atoms with Gasteiger partial charge >= 0.3 is 0 Å². The van der Waals surface area contributed by atoms with Crippen molar-refractivity contribution in [2.45, 2.75) is 26.8 Å². The highest BCUT2D eigenvalue weighted by molar-refractivity contribution is 7.12. The first-order chi connectivity index (χ1) is 10.1. The van der Waals surface area contributed by atoms with Crippen LogP contribution in [0.2, 0.25) is 0 Å². The molecule has 1 aliphatic rings. The smallest absolute Gasteiger partial charge is 0.194 e. The van der Waals surface area contributed by atoms with Crippen molar-refractivity contribution in [3.05, 3.63) is 32.4 Å². The maximum atomic E-state index is 9.00. The Kier molecular flexibility index (Phi) is 3.28. The van der Waals surface area contributed by atoms with Crippen LogP contribution in [0.1, 0.15) is 32.4 Å². The number of fused-ring (bicyclic) bond motifs is 1. The maximum Gasteiger partial charge on any atom is 0.194 e. The van der Waals surface area contributed by atoms with Gasteiger partial charge in [-0.1, -0.05) is 0 Å². The zero-order chi connectivity index (χ0) is 15.0. The van der Waals surface area contributed by atoms with Gasteiger partial charge in [0.15, 0.2) is 16.5 Å². The van der Waals surface area contributed by atoms with E-state index in [4.69, 9.17) is 10.5 Å². The van der Waals surface area contributed by atoms with Crippen molar-refractivity contribution < 1.29 is 0 Å². The van der Waals surface area contributed by atoms with Crippen LogP contribution in [0.15, 0.2) is 0 Å². The molecule has 3 heterocycles. The van der Waals surface area contributed by atoms with Crippen LogP contribution in [0.4, 0.5) is 5.82 Å². The Bertz CT molecular complexity index is 795. The molecule has 21 heavy (non-hydrogen) atoms. The van der Waals surface area contributed by atoms with Gasteiger partial charge < -0.3 is 4.90 Å². The molecule has 0 bridgehead atoms. The van der Waals surface area contributed by atoms with E-state index in [9.17, 15) is 0 Å². The molecule has 1 aliphatic heterocycles. The normalized spacial score (nSPS) is 13.4. The molecule has 0 aliphatic carbocycles. The van der Waals surface area contributed by atoms with Gasteiger partial charge in [-0.2, -0.15) is 10.5 Å². The highest BCUT2D eigenvalue weighted by Crippen LogP contribution is 2.29. The first-order valence-corrected chi connectivity index (χ1v) is 7.33. The van der Waals surface area contributed by atoms with Crippen LogP contribution in [0, 0.1) is 36.5 Å². The highest BCUT2D eigenvalue weighted by atomic mass is 32.1. The predicted octanol–water partition coefficient (Wildman–Crippen LogP) is 1.86. The van der Waals surface area contributed by atoms with E-state index in [-0.39, 0.29) is 0 Å². The van der Waals surface area contributed by atoms with Gasteiger partial charge in [0.25, 0.3) is 0 Å². The molecule has 2 aromatic heterocycles. The first-order valence-electron chi connectivity index (χ1n) is 6.51. The van der Waals surface area contributed by atoms with Crippen molar-refractivity contribution in [2.75, 3.05) is 11.4 Å². The van der Waals surface area contributed by atoms with Crippen molar-refractivity contribution in [3.63, 3.8) is 0 Å². The Hall–Kier alpha value is -2.51. The minimum absolute atomic E-state index is 0.374. The molecule has 0 fully saturated rings. The van der Waals surface area contributed by atoms with Crippen molar-refractivity contribution in [1.82, 2.24) is 15.2 Å². The van der Waals surface area contributed by atoms with Gasteiger partial charge in [-0.05, 0) is 25.0 Å². The Morgan fingerprint density at radius 2 is 1.95 bits per heavy atom. The third kappa shape index (κ3) is 2.22. The third-order valence-electron chi connectivity index (χ3n) is 3.73. The van der Waals surface area contributed by atoms with E-state index in [1.165, 1.54) is 11.3 Å². The molecule has 0 amide bonds. The minimum atomic E-state index is 0.374. The standard InChI is InChI=1S/C14H12N6S/c1-8-9(2)14(19-18-11(8)5-15)20-4-3-10-12(7-20)21-13(6-16)17-10/h3-4,7H2,1-2H3. The van der Waals surface area contributed by atoms with Crippen molar-refractivity contribution in [3.8, 4) is 12.1 Å². The number of hydrogen-bond acceptors (Lipinski definition) is 7. The fraction of sp³-hybridized carbons (Fsp3) is 0.357. The lowest BCUT2D eigenvalue weighted by atomic mass is 10.1.